The number of rotatable bonds is 6. The lowest BCUT2D eigenvalue weighted by Gasteiger charge is -2.20. The van der Waals surface area contributed by atoms with E-state index in [0.29, 0.717) is 36.2 Å². The number of pyridine rings is 1. The molecule has 162 valence electrons. The van der Waals surface area contributed by atoms with Crippen molar-refractivity contribution in [2.45, 2.75) is 71.0 Å². The SMILES string of the molecule is CC(C)(C)OC(=O)c1ccc(N2CC[C@H](OCCC3C4(CC4)C34CC4)C2=O)nc1Cl. The van der Waals surface area contributed by atoms with Gasteiger partial charge in [-0.15, -0.1) is 0 Å². The number of hydrogen-bond acceptors (Lipinski definition) is 5. The second-order valence-electron chi connectivity index (χ2n) is 10.3. The number of fused-ring (bicyclic) bond motifs is 1. The number of hydrogen-bond donors (Lipinski definition) is 0. The van der Waals surface area contributed by atoms with Crippen LogP contribution in [-0.4, -0.2) is 41.7 Å². The lowest BCUT2D eigenvalue weighted by Crippen LogP contribution is -2.31. The predicted octanol–water partition coefficient (Wildman–Crippen LogP) is 4.39. The van der Waals surface area contributed by atoms with Crippen molar-refractivity contribution in [3.8, 4) is 0 Å². The Morgan fingerprint density at radius 3 is 2.47 bits per heavy atom. The van der Waals surface area contributed by atoms with E-state index in [0.717, 1.165) is 12.3 Å². The lowest BCUT2D eigenvalue weighted by atomic mass is 10.2. The lowest BCUT2D eigenvalue weighted by molar-refractivity contribution is -0.127. The summed E-state index contributed by atoms with van der Waals surface area (Å²) < 4.78 is 11.3. The number of amides is 1. The number of anilines is 1. The van der Waals surface area contributed by atoms with Crippen LogP contribution in [0.1, 0.15) is 69.7 Å². The van der Waals surface area contributed by atoms with Crippen molar-refractivity contribution in [1.29, 1.82) is 0 Å². The number of ether oxygens (including phenoxy) is 2. The highest BCUT2D eigenvalue weighted by Gasteiger charge is 2.85. The average Bonchev–Trinajstić information content (AvgIpc) is 3.59. The van der Waals surface area contributed by atoms with Crippen molar-refractivity contribution in [3.63, 3.8) is 0 Å². The number of nitrogens with zero attached hydrogens (tertiary/aromatic N) is 2. The van der Waals surface area contributed by atoms with Crippen LogP contribution in [0, 0.1) is 16.7 Å². The highest BCUT2D eigenvalue weighted by molar-refractivity contribution is 6.32. The van der Waals surface area contributed by atoms with Gasteiger partial charge in [-0.05, 0) is 81.8 Å². The van der Waals surface area contributed by atoms with Crippen molar-refractivity contribution in [1.82, 2.24) is 4.98 Å². The van der Waals surface area contributed by atoms with Gasteiger partial charge in [0.2, 0.25) is 0 Å². The van der Waals surface area contributed by atoms with Gasteiger partial charge in [0.1, 0.15) is 22.7 Å². The third kappa shape index (κ3) is 3.23. The fourth-order valence-electron chi connectivity index (χ4n) is 5.78. The maximum Gasteiger partial charge on any atom is 0.341 e. The minimum absolute atomic E-state index is 0.0390. The van der Waals surface area contributed by atoms with Gasteiger partial charge in [-0.1, -0.05) is 11.6 Å². The van der Waals surface area contributed by atoms with Gasteiger partial charge in [-0.2, -0.15) is 0 Å². The Morgan fingerprint density at radius 1 is 1.23 bits per heavy atom. The molecule has 0 N–H and O–H groups in total. The van der Waals surface area contributed by atoms with Crippen LogP contribution in [0.4, 0.5) is 5.82 Å². The fraction of sp³-hybridized carbons (Fsp3) is 0.696. The molecule has 1 aliphatic heterocycles. The summed E-state index contributed by atoms with van der Waals surface area (Å²) in [7, 11) is 0. The van der Waals surface area contributed by atoms with Gasteiger partial charge in [0.25, 0.3) is 5.91 Å². The van der Waals surface area contributed by atoms with Crippen molar-refractivity contribution >= 4 is 29.3 Å². The molecular formula is C23H29ClN2O4. The van der Waals surface area contributed by atoms with E-state index in [2.05, 4.69) is 4.98 Å². The molecule has 3 saturated carbocycles. The van der Waals surface area contributed by atoms with E-state index in [4.69, 9.17) is 21.1 Å². The molecule has 1 atom stereocenters. The average molecular weight is 433 g/mol. The first-order valence-electron chi connectivity index (χ1n) is 11.0. The Balaban J connectivity index is 1.17. The van der Waals surface area contributed by atoms with Gasteiger partial charge >= 0.3 is 5.97 Å². The zero-order chi connectivity index (χ0) is 21.3. The summed E-state index contributed by atoms with van der Waals surface area (Å²) in [5.74, 6) is 0.669. The highest BCUT2D eigenvalue weighted by Crippen LogP contribution is 2.93. The standard InChI is InChI=1S/C23H29ClN2O4/c1-21(2,3)30-20(28)14-4-5-17(25-18(14)24)26-12-6-15(19(26)27)29-13-7-16-22(8-9-22)23(16)10-11-23/h4-5,15-16H,6-13H2,1-3H3/t15-/m0/s1. The number of halogens is 1. The molecule has 1 saturated heterocycles. The minimum Gasteiger partial charge on any atom is -0.456 e. The third-order valence-electron chi connectivity index (χ3n) is 7.43. The summed E-state index contributed by atoms with van der Waals surface area (Å²) in [6.07, 6.45) is 6.92. The molecule has 3 aliphatic carbocycles. The summed E-state index contributed by atoms with van der Waals surface area (Å²) in [5.41, 5.74) is 0.937. The Hall–Kier alpha value is -1.66. The number of carbonyl (C=O) groups excluding carboxylic acids is 2. The van der Waals surface area contributed by atoms with Crippen molar-refractivity contribution < 1.29 is 19.1 Å². The van der Waals surface area contributed by atoms with E-state index >= 15 is 0 Å². The predicted molar refractivity (Wildman–Crippen MR) is 113 cm³/mol. The topological polar surface area (TPSA) is 68.7 Å². The van der Waals surface area contributed by atoms with Crippen molar-refractivity contribution in [2.75, 3.05) is 18.1 Å². The smallest absolute Gasteiger partial charge is 0.341 e. The summed E-state index contributed by atoms with van der Waals surface area (Å²) in [6.45, 7) is 6.57. The summed E-state index contributed by atoms with van der Waals surface area (Å²) in [4.78, 5) is 31.0. The normalized spacial score (nSPS) is 25.8. The molecule has 5 rings (SSSR count). The first-order chi connectivity index (χ1) is 14.2. The molecule has 4 fully saturated rings. The van der Waals surface area contributed by atoms with E-state index in [1.807, 2.05) is 0 Å². The maximum absolute atomic E-state index is 12.8. The monoisotopic (exact) mass is 432 g/mol. The molecule has 6 nitrogen and oxygen atoms in total. The molecule has 4 aliphatic rings. The minimum atomic E-state index is -0.618. The van der Waals surface area contributed by atoms with Gasteiger partial charge in [0.05, 0.1) is 5.56 Å². The van der Waals surface area contributed by atoms with E-state index in [9.17, 15) is 9.59 Å². The fourth-order valence-corrected chi connectivity index (χ4v) is 6.01. The van der Waals surface area contributed by atoms with Gasteiger partial charge in [0.15, 0.2) is 0 Å². The quantitative estimate of drug-likeness (QED) is 0.492. The summed E-state index contributed by atoms with van der Waals surface area (Å²) in [6, 6.07) is 3.21. The van der Waals surface area contributed by atoms with Gasteiger partial charge < -0.3 is 9.47 Å². The molecule has 1 aromatic heterocycles. The van der Waals surface area contributed by atoms with E-state index in [-0.39, 0.29) is 16.6 Å². The molecule has 30 heavy (non-hydrogen) atoms. The van der Waals surface area contributed by atoms with Gasteiger partial charge in [-0.3, -0.25) is 9.69 Å². The van der Waals surface area contributed by atoms with E-state index in [1.165, 1.54) is 25.7 Å². The Bertz CT molecular complexity index is 883. The first kappa shape index (κ1) is 20.3. The van der Waals surface area contributed by atoms with Gasteiger partial charge in [0, 0.05) is 19.6 Å². The Labute approximate surface area is 182 Å². The molecular weight excluding hydrogens is 404 g/mol. The second-order valence-corrected chi connectivity index (χ2v) is 10.7. The van der Waals surface area contributed by atoms with E-state index in [1.54, 1.807) is 37.8 Å². The van der Waals surface area contributed by atoms with Crippen LogP contribution >= 0.6 is 11.6 Å². The molecule has 0 bridgehead atoms. The van der Waals surface area contributed by atoms with Gasteiger partial charge in [-0.25, -0.2) is 9.78 Å². The van der Waals surface area contributed by atoms with Crippen molar-refractivity contribution in [3.05, 3.63) is 22.8 Å². The molecule has 1 amide bonds. The zero-order valence-electron chi connectivity index (χ0n) is 17.9. The van der Waals surface area contributed by atoms with Crippen LogP contribution in [0.15, 0.2) is 12.1 Å². The molecule has 0 unspecified atom stereocenters. The summed E-state index contributed by atoms with van der Waals surface area (Å²) in [5, 5.41) is 0.0390. The third-order valence-corrected chi connectivity index (χ3v) is 7.72. The van der Waals surface area contributed by atoms with Crippen molar-refractivity contribution in [2.24, 2.45) is 16.7 Å². The second kappa shape index (κ2) is 6.67. The van der Waals surface area contributed by atoms with Crippen LogP contribution in [0.2, 0.25) is 5.15 Å². The van der Waals surface area contributed by atoms with Crippen LogP contribution in [0.5, 0.6) is 0 Å². The van der Waals surface area contributed by atoms with Crippen LogP contribution in [0.3, 0.4) is 0 Å². The van der Waals surface area contributed by atoms with Crippen LogP contribution < -0.4 is 4.90 Å². The largest absolute Gasteiger partial charge is 0.456 e. The summed E-state index contributed by atoms with van der Waals surface area (Å²) >= 11 is 6.23. The number of esters is 1. The highest BCUT2D eigenvalue weighted by atomic mass is 35.5. The number of aromatic nitrogens is 1. The van der Waals surface area contributed by atoms with E-state index < -0.39 is 17.7 Å². The number of carbonyl (C=O) groups is 2. The molecule has 1 aromatic rings. The Morgan fingerprint density at radius 2 is 1.90 bits per heavy atom. The molecule has 0 radical (unpaired) electrons. The van der Waals surface area contributed by atoms with Crippen LogP contribution in [0.25, 0.3) is 0 Å². The molecule has 7 heteroatoms. The zero-order valence-corrected chi connectivity index (χ0v) is 18.6. The maximum atomic E-state index is 12.8. The first-order valence-corrected chi connectivity index (χ1v) is 11.4. The molecule has 2 heterocycles. The molecule has 0 aromatic carbocycles. The van der Waals surface area contributed by atoms with Crippen LogP contribution in [-0.2, 0) is 14.3 Å². The Kier molecular flexibility index (Phi) is 4.50. The molecule has 2 spiro atoms.